The number of likely N-dealkylation sites (tertiary alicyclic amines) is 1. The summed E-state index contributed by atoms with van der Waals surface area (Å²) in [5, 5.41) is 8.73. The maximum atomic E-state index is 10.6. The molecule has 1 N–H and O–H groups in total. The van der Waals surface area contributed by atoms with Gasteiger partial charge in [-0.15, -0.1) is 0 Å². The smallest absolute Gasteiger partial charge is 0.309 e. The van der Waals surface area contributed by atoms with Gasteiger partial charge in [-0.05, 0) is 18.8 Å². The summed E-state index contributed by atoms with van der Waals surface area (Å²) in [6, 6.07) is 0. The molecule has 0 bridgehead atoms. The van der Waals surface area contributed by atoms with Gasteiger partial charge in [-0.1, -0.05) is 19.3 Å². The van der Waals surface area contributed by atoms with E-state index in [9.17, 15) is 4.79 Å². The standard InChI is InChI=1S/C11H19NO2/c13-11(14)10-7-12(8-10)6-9-4-2-1-3-5-9/h9-10H,1-8H2,(H,13,14). The van der Waals surface area contributed by atoms with Gasteiger partial charge in [0.2, 0.25) is 0 Å². The highest BCUT2D eigenvalue weighted by atomic mass is 16.4. The van der Waals surface area contributed by atoms with E-state index in [0.29, 0.717) is 0 Å². The zero-order chi connectivity index (χ0) is 9.97. The number of carbonyl (C=O) groups is 1. The minimum Gasteiger partial charge on any atom is -0.481 e. The highest BCUT2D eigenvalue weighted by Gasteiger charge is 2.33. The van der Waals surface area contributed by atoms with Gasteiger partial charge in [-0.25, -0.2) is 0 Å². The molecule has 1 saturated heterocycles. The van der Waals surface area contributed by atoms with Crippen molar-refractivity contribution in [3.63, 3.8) is 0 Å². The Bertz CT molecular complexity index is 205. The van der Waals surface area contributed by atoms with E-state index >= 15 is 0 Å². The summed E-state index contributed by atoms with van der Waals surface area (Å²) in [5.74, 6) is 0.141. The number of aliphatic carboxylic acids is 1. The van der Waals surface area contributed by atoms with Crippen LogP contribution in [0.15, 0.2) is 0 Å². The first-order chi connectivity index (χ1) is 6.75. The highest BCUT2D eigenvalue weighted by molar-refractivity contribution is 5.71. The summed E-state index contributed by atoms with van der Waals surface area (Å²) in [4.78, 5) is 12.9. The second kappa shape index (κ2) is 4.30. The molecular weight excluding hydrogens is 178 g/mol. The van der Waals surface area contributed by atoms with Gasteiger partial charge in [0.1, 0.15) is 0 Å². The molecule has 1 aliphatic carbocycles. The molecule has 80 valence electrons. The van der Waals surface area contributed by atoms with Gasteiger partial charge in [-0.3, -0.25) is 4.79 Å². The van der Waals surface area contributed by atoms with Crippen molar-refractivity contribution in [2.45, 2.75) is 32.1 Å². The van der Waals surface area contributed by atoms with Crippen molar-refractivity contribution in [2.24, 2.45) is 11.8 Å². The van der Waals surface area contributed by atoms with Crippen molar-refractivity contribution in [1.29, 1.82) is 0 Å². The average molecular weight is 197 g/mol. The van der Waals surface area contributed by atoms with Crippen LogP contribution in [0.2, 0.25) is 0 Å². The van der Waals surface area contributed by atoms with Gasteiger partial charge in [-0.2, -0.15) is 0 Å². The van der Waals surface area contributed by atoms with E-state index in [1.165, 1.54) is 32.1 Å². The van der Waals surface area contributed by atoms with Crippen LogP contribution in [-0.2, 0) is 4.79 Å². The van der Waals surface area contributed by atoms with Gasteiger partial charge in [0.25, 0.3) is 0 Å². The lowest BCUT2D eigenvalue weighted by molar-refractivity contribution is -0.147. The third kappa shape index (κ3) is 2.27. The molecule has 0 aromatic carbocycles. The van der Waals surface area contributed by atoms with Gasteiger partial charge < -0.3 is 10.0 Å². The van der Waals surface area contributed by atoms with Crippen LogP contribution in [0.3, 0.4) is 0 Å². The SMILES string of the molecule is O=C(O)C1CN(CC2CCCCC2)C1. The zero-order valence-electron chi connectivity index (χ0n) is 8.61. The number of carboxylic acid groups (broad SMARTS) is 1. The third-order valence-corrected chi connectivity index (χ3v) is 3.55. The van der Waals surface area contributed by atoms with Crippen molar-refractivity contribution in [1.82, 2.24) is 4.90 Å². The van der Waals surface area contributed by atoms with Crippen LogP contribution in [0, 0.1) is 11.8 Å². The average Bonchev–Trinajstić information content (AvgIpc) is 2.12. The molecule has 3 heteroatoms. The molecule has 2 rings (SSSR count). The Hall–Kier alpha value is -0.570. The van der Waals surface area contributed by atoms with Crippen LogP contribution in [0.25, 0.3) is 0 Å². The number of rotatable bonds is 3. The molecule has 2 aliphatic rings. The number of hydrogen-bond donors (Lipinski definition) is 1. The normalized spacial score (nSPS) is 26.0. The second-order valence-electron chi connectivity index (χ2n) is 4.76. The fourth-order valence-corrected chi connectivity index (χ4v) is 2.61. The van der Waals surface area contributed by atoms with E-state index in [-0.39, 0.29) is 5.92 Å². The van der Waals surface area contributed by atoms with E-state index in [1.54, 1.807) is 0 Å². The molecule has 0 spiro atoms. The van der Waals surface area contributed by atoms with Crippen molar-refractivity contribution in [3.05, 3.63) is 0 Å². The molecular formula is C11H19NO2. The molecule has 0 unspecified atom stereocenters. The van der Waals surface area contributed by atoms with Crippen LogP contribution in [0.4, 0.5) is 0 Å². The Kier molecular flexibility index (Phi) is 3.06. The van der Waals surface area contributed by atoms with Crippen molar-refractivity contribution in [3.8, 4) is 0 Å². The summed E-state index contributed by atoms with van der Waals surface area (Å²) in [5.41, 5.74) is 0. The molecule has 0 aromatic rings. The molecule has 14 heavy (non-hydrogen) atoms. The monoisotopic (exact) mass is 197 g/mol. The molecule has 0 atom stereocenters. The van der Waals surface area contributed by atoms with Gasteiger partial charge in [0, 0.05) is 19.6 Å². The molecule has 1 saturated carbocycles. The van der Waals surface area contributed by atoms with E-state index in [2.05, 4.69) is 4.90 Å². The summed E-state index contributed by atoms with van der Waals surface area (Å²) in [6.07, 6.45) is 6.86. The Morgan fingerprint density at radius 3 is 2.43 bits per heavy atom. The number of carboxylic acids is 1. The minimum atomic E-state index is -0.620. The summed E-state index contributed by atoms with van der Waals surface area (Å²) >= 11 is 0. The fourth-order valence-electron chi connectivity index (χ4n) is 2.61. The number of nitrogens with zero attached hydrogens (tertiary/aromatic N) is 1. The number of hydrogen-bond acceptors (Lipinski definition) is 2. The van der Waals surface area contributed by atoms with Crippen LogP contribution in [0.5, 0.6) is 0 Å². The van der Waals surface area contributed by atoms with Crippen molar-refractivity contribution < 1.29 is 9.90 Å². The first-order valence-corrected chi connectivity index (χ1v) is 5.71. The van der Waals surface area contributed by atoms with E-state index in [0.717, 1.165) is 25.6 Å². The van der Waals surface area contributed by atoms with Crippen molar-refractivity contribution in [2.75, 3.05) is 19.6 Å². The first kappa shape index (κ1) is 9.97. The second-order valence-corrected chi connectivity index (χ2v) is 4.76. The summed E-state index contributed by atoms with van der Waals surface area (Å²) in [7, 11) is 0. The highest BCUT2D eigenvalue weighted by Crippen LogP contribution is 2.27. The lowest BCUT2D eigenvalue weighted by Gasteiger charge is -2.39. The van der Waals surface area contributed by atoms with E-state index in [1.807, 2.05) is 0 Å². The first-order valence-electron chi connectivity index (χ1n) is 5.71. The predicted octanol–water partition coefficient (Wildman–Crippen LogP) is 1.58. The quantitative estimate of drug-likeness (QED) is 0.746. The maximum Gasteiger partial charge on any atom is 0.309 e. The molecule has 3 nitrogen and oxygen atoms in total. The predicted molar refractivity (Wildman–Crippen MR) is 54.1 cm³/mol. The molecule has 1 aliphatic heterocycles. The van der Waals surface area contributed by atoms with E-state index in [4.69, 9.17) is 5.11 Å². The molecule has 1 heterocycles. The largest absolute Gasteiger partial charge is 0.481 e. The minimum absolute atomic E-state index is 0.0846. The Morgan fingerprint density at radius 2 is 1.86 bits per heavy atom. The lowest BCUT2D eigenvalue weighted by atomic mass is 9.87. The van der Waals surface area contributed by atoms with Crippen LogP contribution < -0.4 is 0 Å². The summed E-state index contributed by atoms with van der Waals surface area (Å²) in [6.45, 7) is 2.71. The Balaban J connectivity index is 1.65. The van der Waals surface area contributed by atoms with Crippen LogP contribution >= 0.6 is 0 Å². The van der Waals surface area contributed by atoms with E-state index < -0.39 is 5.97 Å². The fraction of sp³-hybridized carbons (Fsp3) is 0.909. The topological polar surface area (TPSA) is 40.5 Å². The summed E-state index contributed by atoms with van der Waals surface area (Å²) < 4.78 is 0. The Labute approximate surface area is 85.1 Å². The molecule has 0 radical (unpaired) electrons. The van der Waals surface area contributed by atoms with Crippen LogP contribution in [-0.4, -0.2) is 35.6 Å². The van der Waals surface area contributed by atoms with Gasteiger partial charge in [0.05, 0.1) is 5.92 Å². The van der Waals surface area contributed by atoms with Crippen molar-refractivity contribution >= 4 is 5.97 Å². The third-order valence-electron chi connectivity index (χ3n) is 3.55. The molecule has 0 amide bonds. The Morgan fingerprint density at radius 1 is 1.21 bits per heavy atom. The van der Waals surface area contributed by atoms with Gasteiger partial charge >= 0.3 is 5.97 Å². The lowest BCUT2D eigenvalue weighted by Crippen LogP contribution is -2.51. The van der Waals surface area contributed by atoms with Gasteiger partial charge in [0.15, 0.2) is 0 Å². The zero-order valence-corrected chi connectivity index (χ0v) is 8.61. The maximum absolute atomic E-state index is 10.6. The molecule has 2 fully saturated rings. The van der Waals surface area contributed by atoms with Crippen LogP contribution in [0.1, 0.15) is 32.1 Å². The molecule has 0 aromatic heterocycles.